The van der Waals surface area contributed by atoms with Gasteiger partial charge in [0, 0.05) is 51.1 Å². The number of nitrogen functional groups attached to an aromatic ring is 1. The summed E-state index contributed by atoms with van der Waals surface area (Å²) in [5, 5.41) is 3.00. The summed E-state index contributed by atoms with van der Waals surface area (Å²) in [4.78, 5) is 23.1. The molecule has 2 N–H and O–H groups in total. The number of hydrogen-bond acceptors (Lipinski definition) is 6. The number of nitrogens with zero attached hydrogens (tertiary/aromatic N) is 2. The highest BCUT2D eigenvalue weighted by Gasteiger charge is 2.27. The Hall–Kier alpha value is -2.06. The molecule has 0 amide bonds. The number of thiophene rings is 2. The van der Waals surface area contributed by atoms with Crippen LogP contribution >= 0.6 is 38.6 Å². The summed E-state index contributed by atoms with van der Waals surface area (Å²) >= 11 is 6.53. The Morgan fingerprint density at radius 2 is 2.03 bits per heavy atom. The number of aromatic nitrogens is 1. The molecule has 7 heteroatoms. The maximum atomic E-state index is 13.2. The molecule has 0 fully saturated rings. The lowest BCUT2D eigenvalue weighted by atomic mass is 9.95. The van der Waals surface area contributed by atoms with Gasteiger partial charge in [-0.25, -0.2) is 4.98 Å². The molecule has 4 nitrogen and oxygen atoms in total. The Morgan fingerprint density at radius 3 is 2.76 bits per heavy atom. The first-order chi connectivity index (χ1) is 14.0. The Balaban J connectivity index is 1.76. The molecule has 5 rings (SSSR count). The number of likely N-dealkylation sites (N-methyl/N-ethyl adjacent to an activating group) is 1. The van der Waals surface area contributed by atoms with E-state index in [1.54, 1.807) is 11.3 Å². The first-order valence-electron chi connectivity index (χ1n) is 9.29. The van der Waals surface area contributed by atoms with Crippen molar-refractivity contribution in [3.63, 3.8) is 0 Å². The molecule has 4 heterocycles. The lowest BCUT2D eigenvalue weighted by Crippen LogP contribution is -2.27. The quantitative estimate of drug-likeness (QED) is 0.386. The van der Waals surface area contributed by atoms with Crippen LogP contribution in [0.5, 0.6) is 0 Å². The molecule has 0 bridgehead atoms. The predicted molar refractivity (Wildman–Crippen MR) is 125 cm³/mol. The van der Waals surface area contributed by atoms with Gasteiger partial charge in [0.2, 0.25) is 5.78 Å². The highest BCUT2D eigenvalue weighted by molar-refractivity contribution is 9.10. The van der Waals surface area contributed by atoms with Gasteiger partial charge in [-0.05, 0) is 48.3 Å². The van der Waals surface area contributed by atoms with Crippen LogP contribution in [0.2, 0.25) is 0 Å². The number of rotatable bonds is 3. The van der Waals surface area contributed by atoms with Gasteiger partial charge in [0.1, 0.15) is 9.71 Å². The maximum Gasteiger partial charge on any atom is 0.205 e. The van der Waals surface area contributed by atoms with E-state index in [-0.39, 0.29) is 5.78 Å². The van der Waals surface area contributed by atoms with E-state index >= 15 is 0 Å². The molecule has 29 heavy (non-hydrogen) atoms. The van der Waals surface area contributed by atoms with Crippen molar-refractivity contribution in [2.75, 3.05) is 19.3 Å². The molecule has 1 aliphatic rings. The molecule has 0 unspecified atom stereocenters. The van der Waals surface area contributed by atoms with Gasteiger partial charge in [0.25, 0.3) is 0 Å². The number of carbonyl (C=O) groups is 1. The summed E-state index contributed by atoms with van der Waals surface area (Å²) in [5.74, 6) is -0.0507. The van der Waals surface area contributed by atoms with Crippen LogP contribution in [0.4, 0.5) is 5.69 Å². The fourth-order valence-electron chi connectivity index (χ4n) is 3.85. The minimum Gasteiger partial charge on any atom is -0.397 e. The number of halogens is 1. The number of benzene rings is 1. The second-order valence-electron chi connectivity index (χ2n) is 7.24. The minimum atomic E-state index is -0.0507. The predicted octanol–water partition coefficient (Wildman–Crippen LogP) is 5.59. The summed E-state index contributed by atoms with van der Waals surface area (Å²) in [6, 6.07) is 11.6. The Kier molecular flexibility index (Phi) is 4.78. The van der Waals surface area contributed by atoms with Crippen molar-refractivity contribution in [1.29, 1.82) is 0 Å². The average Bonchev–Trinajstić information content (AvgIpc) is 3.35. The first-order valence-corrected chi connectivity index (χ1v) is 11.8. The Bertz CT molecular complexity index is 1230. The number of hydrogen-bond donors (Lipinski definition) is 1. The Morgan fingerprint density at radius 1 is 1.24 bits per heavy atom. The lowest BCUT2D eigenvalue weighted by Gasteiger charge is -2.26. The zero-order chi connectivity index (χ0) is 20.1. The van der Waals surface area contributed by atoms with Gasteiger partial charge in [-0.15, -0.1) is 22.7 Å². The molecular formula is C22H18BrN3OS2. The third kappa shape index (κ3) is 3.22. The van der Waals surface area contributed by atoms with E-state index in [0.29, 0.717) is 16.1 Å². The van der Waals surface area contributed by atoms with E-state index in [4.69, 9.17) is 10.7 Å². The van der Waals surface area contributed by atoms with Crippen LogP contribution in [-0.4, -0.2) is 29.3 Å². The fraction of sp³-hybridized carbons (Fsp3) is 0.182. The number of pyridine rings is 1. The molecule has 0 aliphatic carbocycles. The fourth-order valence-corrected chi connectivity index (χ4v) is 6.01. The van der Waals surface area contributed by atoms with Crippen molar-refractivity contribution in [3.05, 3.63) is 67.9 Å². The van der Waals surface area contributed by atoms with Crippen molar-refractivity contribution in [1.82, 2.24) is 9.88 Å². The van der Waals surface area contributed by atoms with Gasteiger partial charge in [0.15, 0.2) is 0 Å². The van der Waals surface area contributed by atoms with Gasteiger partial charge in [-0.3, -0.25) is 4.79 Å². The van der Waals surface area contributed by atoms with E-state index in [1.165, 1.54) is 21.8 Å². The smallest absolute Gasteiger partial charge is 0.205 e. The van der Waals surface area contributed by atoms with Crippen molar-refractivity contribution < 1.29 is 4.79 Å². The average molecular weight is 484 g/mol. The van der Waals surface area contributed by atoms with Crippen molar-refractivity contribution in [3.8, 4) is 10.4 Å². The third-order valence-corrected chi connectivity index (χ3v) is 7.82. The van der Waals surface area contributed by atoms with E-state index in [9.17, 15) is 4.79 Å². The zero-order valence-corrected chi connectivity index (χ0v) is 19.0. The second kappa shape index (κ2) is 7.32. The molecule has 0 saturated heterocycles. The molecule has 1 aliphatic heterocycles. The molecule has 0 atom stereocenters. The van der Waals surface area contributed by atoms with Gasteiger partial charge in [0.05, 0.1) is 5.69 Å². The number of fused-ring (bicyclic) bond motifs is 2. The second-order valence-corrected chi connectivity index (χ2v) is 10.1. The highest BCUT2D eigenvalue weighted by atomic mass is 79.9. The summed E-state index contributed by atoms with van der Waals surface area (Å²) in [5.41, 5.74) is 11.3. The van der Waals surface area contributed by atoms with Crippen LogP contribution in [0.25, 0.3) is 20.7 Å². The molecule has 0 saturated carbocycles. The largest absolute Gasteiger partial charge is 0.397 e. The third-order valence-electron chi connectivity index (χ3n) is 5.30. The van der Waals surface area contributed by atoms with Crippen LogP contribution < -0.4 is 5.73 Å². The zero-order valence-electron chi connectivity index (χ0n) is 15.7. The van der Waals surface area contributed by atoms with E-state index in [0.717, 1.165) is 45.5 Å². The summed E-state index contributed by atoms with van der Waals surface area (Å²) < 4.78 is 0.941. The molecule has 3 aromatic heterocycles. The summed E-state index contributed by atoms with van der Waals surface area (Å²) in [6.45, 7) is 1.83. The van der Waals surface area contributed by atoms with Crippen LogP contribution in [0, 0.1) is 0 Å². The SMILES string of the molecule is CN1CCc2nc3sc(C(=O)c4ccc(Br)cc4)c(N)c3c(-c3cccs3)c2C1. The van der Waals surface area contributed by atoms with Crippen molar-refractivity contribution in [2.45, 2.75) is 13.0 Å². The van der Waals surface area contributed by atoms with Crippen LogP contribution in [0.15, 0.2) is 46.3 Å². The number of anilines is 1. The van der Waals surface area contributed by atoms with E-state index < -0.39 is 0 Å². The number of ketones is 1. The first kappa shape index (κ1) is 18.9. The highest BCUT2D eigenvalue weighted by Crippen LogP contribution is 2.45. The van der Waals surface area contributed by atoms with E-state index in [1.807, 2.05) is 24.3 Å². The molecule has 0 spiro atoms. The molecule has 146 valence electrons. The van der Waals surface area contributed by atoms with Gasteiger partial charge < -0.3 is 10.6 Å². The number of carbonyl (C=O) groups excluding carboxylic acids is 1. The summed E-state index contributed by atoms with van der Waals surface area (Å²) in [6.07, 6.45) is 0.911. The molecule has 4 aromatic rings. The Labute approximate surface area is 185 Å². The maximum absolute atomic E-state index is 13.2. The van der Waals surface area contributed by atoms with Crippen molar-refractivity contribution >= 4 is 60.3 Å². The minimum absolute atomic E-state index is 0.0507. The van der Waals surface area contributed by atoms with Crippen LogP contribution in [0.1, 0.15) is 26.5 Å². The normalized spacial score (nSPS) is 14.3. The molecule has 0 radical (unpaired) electrons. The molecular weight excluding hydrogens is 466 g/mol. The van der Waals surface area contributed by atoms with E-state index in [2.05, 4.69) is 45.4 Å². The van der Waals surface area contributed by atoms with Crippen LogP contribution in [-0.2, 0) is 13.0 Å². The topological polar surface area (TPSA) is 59.2 Å². The standard InChI is InChI=1S/C22H18BrN3OS2/c1-26-9-8-15-14(11-26)17(16-3-2-10-28-16)18-19(24)21(29-22(18)25-15)20(27)12-4-6-13(23)7-5-12/h2-7,10H,8-9,11,24H2,1H3. The van der Waals surface area contributed by atoms with Crippen molar-refractivity contribution in [2.24, 2.45) is 0 Å². The van der Waals surface area contributed by atoms with Crippen LogP contribution in [0.3, 0.4) is 0 Å². The summed E-state index contributed by atoms with van der Waals surface area (Å²) in [7, 11) is 2.13. The monoisotopic (exact) mass is 483 g/mol. The van der Waals surface area contributed by atoms with Gasteiger partial charge >= 0.3 is 0 Å². The molecule has 1 aromatic carbocycles. The number of nitrogens with two attached hydrogens (primary N) is 1. The lowest BCUT2D eigenvalue weighted by molar-refractivity contribution is 0.104. The van der Waals surface area contributed by atoms with Gasteiger partial charge in [-0.2, -0.15) is 0 Å². The van der Waals surface area contributed by atoms with Gasteiger partial charge in [-0.1, -0.05) is 22.0 Å².